The smallest absolute Gasteiger partial charge is 0.330 e. The molecule has 1 heterocycles. The molecule has 6 nitrogen and oxygen atoms in total. The van der Waals surface area contributed by atoms with E-state index in [4.69, 9.17) is 9.47 Å². The highest BCUT2D eigenvalue weighted by Gasteiger charge is 2.06. The Morgan fingerprint density at radius 2 is 2.04 bits per heavy atom. The highest BCUT2D eigenvalue weighted by atomic mass is 16.5. The molecular formula is C21H22N2O4. The molecule has 1 N–H and O–H groups in total. The number of aromatic amines is 1. The molecule has 140 valence electrons. The van der Waals surface area contributed by atoms with Crippen molar-refractivity contribution in [3.05, 3.63) is 70.2 Å². The van der Waals surface area contributed by atoms with Gasteiger partial charge >= 0.3 is 11.7 Å². The molecule has 0 aliphatic heterocycles. The third-order valence-electron chi connectivity index (χ3n) is 4.24. The van der Waals surface area contributed by atoms with Crippen molar-refractivity contribution < 1.29 is 14.3 Å². The zero-order valence-electron chi connectivity index (χ0n) is 15.4. The van der Waals surface area contributed by atoms with Crippen molar-refractivity contribution in [1.82, 2.24) is 9.55 Å². The van der Waals surface area contributed by atoms with Gasteiger partial charge in [0.1, 0.15) is 5.75 Å². The molecule has 0 fully saturated rings. The van der Waals surface area contributed by atoms with Gasteiger partial charge in [-0.15, -0.1) is 0 Å². The first-order valence-electron chi connectivity index (χ1n) is 8.75. The number of rotatable bonds is 7. The second-order valence-corrected chi connectivity index (χ2v) is 6.20. The summed E-state index contributed by atoms with van der Waals surface area (Å²) in [6, 6.07) is 13.2. The molecule has 0 aliphatic rings. The zero-order valence-corrected chi connectivity index (χ0v) is 15.4. The lowest BCUT2D eigenvalue weighted by molar-refractivity contribution is -0.137. The van der Waals surface area contributed by atoms with E-state index in [-0.39, 0.29) is 12.3 Å². The number of ether oxygens (including phenoxy) is 2. The Balaban J connectivity index is 1.53. The Hall–Kier alpha value is -3.28. The summed E-state index contributed by atoms with van der Waals surface area (Å²) in [5.41, 5.74) is 3.39. The number of nitrogens with one attached hydrogen (secondary N) is 1. The van der Waals surface area contributed by atoms with Crippen LogP contribution in [0.25, 0.3) is 17.1 Å². The fourth-order valence-corrected chi connectivity index (χ4v) is 2.91. The third kappa shape index (κ3) is 4.47. The van der Waals surface area contributed by atoms with E-state index in [9.17, 15) is 9.59 Å². The summed E-state index contributed by atoms with van der Waals surface area (Å²) >= 11 is 0. The number of nitrogens with zero attached hydrogens (tertiary/aromatic N) is 1. The molecule has 0 bridgehead atoms. The van der Waals surface area contributed by atoms with Crippen molar-refractivity contribution in [2.75, 3.05) is 13.7 Å². The number of benzene rings is 2. The first-order valence-corrected chi connectivity index (χ1v) is 8.75. The van der Waals surface area contributed by atoms with Crippen LogP contribution in [0, 0.1) is 6.92 Å². The molecule has 0 unspecified atom stereocenters. The molecule has 2 aromatic carbocycles. The molecule has 0 amide bonds. The van der Waals surface area contributed by atoms with Gasteiger partial charge in [0, 0.05) is 18.2 Å². The molecule has 0 aliphatic carbocycles. The van der Waals surface area contributed by atoms with Gasteiger partial charge in [-0.25, -0.2) is 9.59 Å². The van der Waals surface area contributed by atoms with E-state index in [2.05, 4.69) is 4.98 Å². The number of imidazole rings is 1. The van der Waals surface area contributed by atoms with Gasteiger partial charge in [-0.2, -0.15) is 0 Å². The van der Waals surface area contributed by atoms with Crippen LogP contribution in [0.5, 0.6) is 5.75 Å². The molecule has 3 rings (SSSR count). The summed E-state index contributed by atoms with van der Waals surface area (Å²) in [5, 5.41) is 0. The predicted molar refractivity (Wildman–Crippen MR) is 105 cm³/mol. The van der Waals surface area contributed by atoms with Crippen molar-refractivity contribution in [2.24, 2.45) is 0 Å². The van der Waals surface area contributed by atoms with Crippen LogP contribution in [0.3, 0.4) is 0 Å². The molecular weight excluding hydrogens is 344 g/mol. The highest BCUT2D eigenvalue weighted by molar-refractivity contribution is 5.87. The molecule has 3 aromatic rings. The lowest BCUT2D eigenvalue weighted by Crippen LogP contribution is -2.18. The van der Waals surface area contributed by atoms with Gasteiger partial charge < -0.3 is 14.5 Å². The van der Waals surface area contributed by atoms with Gasteiger partial charge in [0.05, 0.1) is 24.8 Å². The van der Waals surface area contributed by atoms with Gasteiger partial charge in [0.25, 0.3) is 0 Å². The SMILES string of the molecule is COc1ccc(C)cc1/C=C/C(=O)OCCCn1c(=O)[nH]c2ccccc21. The monoisotopic (exact) mass is 366 g/mol. The van der Waals surface area contributed by atoms with Crippen LogP contribution in [-0.2, 0) is 16.1 Å². The van der Waals surface area contributed by atoms with Crippen molar-refractivity contribution in [3.63, 3.8) is 0 Å². The molecule has 0 radical (unpaired) electrons. The van der Waals surface area contributed by atoms with Crippen LogP contribution in [0.15, 0.2) is 53.3 Å². The third-order valence-corrected chi connectivity index (χ3v) is 4.24. The number of aromatic nitrogens is 2. The fourth-order valence-electron chi connectivity index (χ4n) is 2.91. The molecule has 0 atom stereocenters. The summed E-state index contributed by atoms with van der Waals surface area (Å²) in [4.78, 5) is 26.7. The molecule has 6 heteroatoms. The van der Waals surface area contributed by atoms with Crippen molar-refractivity contribution in [2.45, 2.75) is 19.9 Å². The second-order valence-electron chi connectivity index (χ2n) is 6.20. The first kappa shape index (κ1) is 18.5. The Morgan fingerprint density at radius 1 is 1.22 bits per heavy atom. The van der Waals surface area contributed by atoms with Crippen LogP contribution in [0.4, 0.5) is 0 Å². The van der Waals surface area contributed by atoms with Crippen molar-refractivity contribution in [1.29, 1.82) is 0 Å². The number of esters is 1. The number of hydrogen-bond acceptors (Lipinski definition) is 4. The average molecular weight is 366 g/mol. The lowest BCUT2D eigenvalue weighted by Gasteiger charge is -2.06. The minimum absolute atomic E-state index is 0.158. The largest absolute Gasteiger partial charge is 0.496 e. The Labute approximate surface area is 157 Å². The van der Waals surface area contributed by atoms with E-state index in [1.165, 1.54) is 6.08 Å². The van der Waals surface area contributed by atoms with E-state index in [0.717, 1.165) is 22.2 Å². The Bertz CT molecular complexity index is 1030. The lowest BCUT2D eigenvalue weighted by atomic mass is 10.1. The topological polar surface area (TPSA) is 73.3 Å². The van der Waals surface area contributed by atoms with Gasteiger partial charge in [-0.3, -0.25) is 4.57 Å². The number of H-pyrrole nitrogens is 1. The van der Waals surface area contributed by atoms with Crippen LogP contribution >= 0.6 is 0 Å². The van der Waals surface area contributed by atoms with Crippen LogP contribution < -0.4 is 10.4 Å². The number of carbonyl (C=O) groups is 1. The zero-order chi connectivity index (χ0) is 19.2. The predicted octanol–water partition coefficient (Wildman–Crippen LogP) is 3.29. The minimum Gasteiger partial charge on any atom is -0.496 e. The molecule has 0 spiro atoms. The fraction of sp³-hybridized carbons (Fsp3) is 0.238. The maximum absolute atomic E-state index is 12.0. The highest BCUT2D eigenvalue weighted by Crippen LogP contribution is 2.21. The van der Waals surface area contributed by atoms with Crippen LogP contribution in [-0.4, -0.2) is 29.2 Å². The first-order chi connectivity index (χ1) is 13.1. The van der Waals surface area contributed by atoms with E-state index in [1.54, 1.807) is 17.8 Å². The normalized spacial score (nSPS) is 11.2. The quantitative estimate of drug-likeness (QED) is 0.396. The molecule has 0 saturated heterocycles. The number of carbonyl (C=O) groups excluding carboxylic acids is 1. The number of methoxy groups -OCH3 is 1. The maximum Gasteiger partial charge on any atom is 0.330 e. The number of aryl methyl sites for hydroxylation is 2. The van der Waals surface area contributed by atoms with E-state index in [1.807, 2.05) is 49.4 Å². The van der Waals surface area contributed by atoms with E-state index >= 15 is 0 Å². The van der Waals surface area contributed by atoms with Crippen LogP contribution in [0.2, 0.25) is 0 Å². The van der Waals surface area contributed by atoms with Crippen molar-refractivity contribution in [3.8, 4) is 5.75 Å². The number of para-hydroxylation sites is 2. The Kier molecular flexibility index (Phi) is 5.76. The Morgan fingerprint density at radius 3 is 2.85 bits per heavy atom. The molecule has 1 aromatic heterocycles. The maximum atomic E-state index is 12.0. The average Bonchev–Trinajstić information content (AvgIpc) is 2.99. The van der Waals surface area contributed by atoms with Gasteiger partial charge in [0.15, 0.2) is 0 Å². The second kappa shape index (κ2) is 8.40. The van der Waals surface area contributed by atoms with Crippen LogP contribution in [0.1, 0.15) is 17.5 Å². The molecule has 0 saturated carbocycles. The summed E-state index contributed by atoms with van der Waals surface area (Å²) in [7, 11) is 1.59. The van der Waals surface area contributed by atoms with Crippen molar-refractivity contribution >= 4 is 23.1 Å². The summed E-state index contributed by atoms with van der Waals surface area (Å²) in [6.45, 7) is 2.69. The van der Waals surface area contributed by atoms with Gasteiger partial charge in [-0.1, -0.05) is 23.8 Å². The standard InChI is InChI=1S/C21H22N2O4/c1-15-8-10-19(26-2)16(14-15)9-11-20(24)27-13-5-12-23-18-7-4-3-6-17(18)22-21(23)25/h3-4,6-11,14H,5,12-13H2,1-2H3,(H,22,25)/b11-9+. The summed E-state index contributed by atoms with van der Waals surface area (Å²) in [5.74, 6) is 0.271. The minimum atomic E-state index is -0.426. The van der Waals surface area contributed by atoms with E-state index in [0.29, 0.717) is 18.7 Å². The number of hydrogen-bond donors (Lipinski definition) is 1. The van der Waals surface area contributed by atoms with Gasteiger partial charge in [-0.05, 0) is 43.7 Å². The molecule has 27 heavy (non-hydrogen) atoms. The summed E-state index contributed by atoms with van der Waals surface area (Å²) < 4.78 is 12.2. The van der Waals surface area contributed by atoms with E-state index < -0.39 is 5.97 Å². The van der Waals surface area contributed by atoms with Gasteiger partial charge in [0.2, 0.25) is 0 Å². The number of fused-ring (bicyclic) bond motifs is 1. The summed E-state index contributed by atoms with van der Waals surface area (Å²) in [6.07, 6.45) is 3.61.